The molecule has 142 valence electrons. The topological polar surface area (TPSA) is 86.0 Å². The van der Waals surface area contributed by atoms with Crippen molar-refractivity contribution in [3.05, 3.63) is 18.0 Å². The first kappa shape index (κ1) is 21.7. The Morgan fingerprint density at radius 2 is 2.08 bits per heavy atom. The molecule has 9 heteroatoms. The summed E-state index contributed by atoms with van der Waals surface area (Å²) in [4.78, 5) is 20.6. The van der Waals surface area contributed by atoms with Crippen LogP contribution in [0.15, 0.2) is 21.8 Å². The Morgan fingerprint density at radius 3 is 2.64 bits per heavy atom. The van der Waals surface area contributed by atoms with Crippen molar-refractivity contribution < 1.29 is 9.32 Å². The monoisotopic (exact) mass is 464 g/mol. The lowest BCUT2D eigenvalue weighted by Gasteiger charge is -2.36. The van der Waals surface area contributed by atoms with E-state index >= 15 is 0 Å². The van der Waals surface area contributed by atoms with E-state index in [1.165, 1.54) is 0 Å². The summed E-state index contributed by atoms with van der Waals surface area (Å²) in [6.07, 6.45) is 2.05. The van der Waals surface area contributed by atoms with E-state index in [-0.39, 0.29) is 35.9 Å². The first-order chi connectivity index (χ1) is 11.6. The van der Waals surface area contributed by atoms with E-state index in [1.807, 2.05) is 19.9 Å². The molecule has 0 saturated carbocycles. The molecule has 8 nitrogen and oxygen atoms in total. The average molecular weight is 464 g/mol. The van der Waals surface area contributed by atoms with Gasteiger partial charge in [-0.3, -0.25) is 14.7 Å². The fourth-order valence-corrected chi connectivity index (χ4v) is 2.68. The van der Waals surface area contributed by atoms with E-state index in [9.17, 15) is 4.79 Å². The molecule has 0 radical (unpaired) electrons. The van der Waals surface area contributed by atoms with Gasteiger partial charge in [-0.05, 0) is 13.8 Å². The molecule has 2 heterocycles. The number of nitrogens with zero attached hydrogens (tertiary/aromatic N) is 4. The number of piperazine rings is 1. The van der Waals surface area contributed by atoms with Crippen molar-refractivity contribution in [3.8, 4) is 0 Å². The number of rotatable bonds is 6. The molecule has 1 saturated heterocycles. The molecular formula is C16H29IN6O2. The van der Waals surface area contributed by atoms with Crippen LogP contribution in [0.2, 0.25) is 0 Å². The lowest BCUT2D eigenvalue weighted by molar-refractivity contribution is -0.121. The van der Waals surface area contributed by atoms with Gasteiger partial charge >= 0.3 is 0 Å². The van der Waals surface area contributed by atoms with Gasteiger partial charge in [0.2, 0.25) is 5.91 Å². The predicted octanol–water partition coefficient (Wildman–Crippen LogP) is 0.900. The minimum Gasteiger partial charge on any atom is -0.364 e. The van der Waals surface area contributed by atoms with Crippen LogP contribution in [-0.2, 0) is 11.3 Å². The Balaban J connectivity index is 0.00000312. The molecule has 0 aromatic carbocycles. The highest BCUT2D eigenvalue weighted by molar-refractivity contribution is 14.0. The van der Waals surface area contributed by atoms with Crippen molar-refractivity contribution in [1.29, 1.82) is 0 Å². The Hall–Kier alpha value is -1.36. The molecule has 25 heavy (non-hydrogen) atoms. The quantitative estimate of drug-likeness (QED) is 0.370. The molecule has 1 aliphatic rings. The maximum Gasteiger partial charge on any atom is 0.221 e. The van der Waals surface area contributed by atoms with Crippen LogP contribution in [0.5, 0.6) is 0 Å². The summed E-state index contributed by atoms with van der Waals surface area (Å²) in [5, 5.41) is 10.1. The summed E-state index contributed by atoms with van der Waals surface area (Å²) in [5.74, 6) is 0.916. The number of carbonyl (C=O) groups excluding carboxylic acids is 1. The number of carbonyl (C=O) groups is 1. The Kier molecular flexibility index (Phi) is 9.79. The molecular weight excluding hydrogens is 435 g/mol. The Labute approximate surface area is 166 Å². The van der Waals surface area contributed by atoms with Gasteiger partial charge in [0, 0.05) is 64.8 Å². The summed E-state index contributed by atoms with van der Waals surface area (Å²) < 4.78 is 4.87. The summed E-state index contributed by atoms with van der Waals surface area (Å²) >= 11 is 0. The summed E-state index contributed by atoms with van der Waals surface area (Å²) in [6, 6.07) is 2.07. The van der Waals surface area contributed by atoms with Crippen LogP contribution in [0.1, 0.15) is 26.0 Å². The van der Waals surface area contributed by atoms with Crippen LogP contribution in [0, 0.1) is 0 Å². The van der Waals surface area contributed by atoms with Crippen molar-refractivity contribution >= 4 is 35.8 Å². The molecule has 0 unspecified atom stereocenters. The lowest BCUT2D eigenvalue weighted by atomic mass is 10.3. The van der Waals surface area contributed by atoms with E-state index in [4.69, 9.17) is 4.52 Å². The average Bonchev–Trinajstić information content (AvgIpc) is 3.05. The van der Waals surface area contributed by atoms with Gasteiger partial charge in [-0.25, -0.2) is 0 Å². The van der Waals surface area contributed by atoms with E-state index in [0.29, 0.717) is 13.0 Å². The van der Waals surface area contributed by atoms with Crippen LogP contribution < -0.4 is 10.6 Å². The van der Waals surface area contributed by atoms with Crippen LogP contribution >= 0.6 is 24.0 Å². The van der Waals surface area contributed by atoms with E-state index in [0.717, 1.165) is 44.4 Å². The van der Waals surface area contributed by atoms with Crippen molar-refractivity contribution in [2.24, 2.45) is 4.99 Å². The van der Waals surface area contributed by atoms with E-state index < -0.39 is 0 Å². The first-order valence-corrected chi connectivity index (χ1v) is 8.45. The summed E-state index contributed by atoms with van der Waals surface area (Å²) in [5.41, 5.74) is 0.960. The molecule has 2 rings (SSSR count). The van der Waals surface area contributed by atoms with Crippen molar-refractivity contribution in [2.45, 2.75) is 32.9 Å². The standard InChI is InChI=1S/C16H28N6O2.HI/c1-13(2)19-15(23)4-6-18-16(17-3)22-9-7-21(8-10-22)12-14-5-11-24-20-14;/h5,11,13H,4,6-10,12H2,1-3H3,(H,17,18)(H,19,23);1H. The summed E-state index contributed by atoms with van der Waals surface area (Å²) in [7, 11) is 1.78. The molecule has 1 aromatic rings. The Bertz CT molecular complexity index is 527. The highest BCUT2D eigenvalue weighted by Gasteiger charge is 2.20. The third-order valence-electron chi connectivity index (χ3n) is 3.85. The number of nitrogens with one attached hydrogen (secondary N) is 2. The van der Waals surface area contributed by atoms with Gasteiger partial charge in [-0.1, -0.05) is 5.16 Å². The largest absolute Gasteiger partial charge is 0.364 e. The van der Waals surface area contributed by atoms with E-state index in [1.54, 1.807) is 13.3 Å². The zero-order chi connectivity index (χ0) is 17.4. The minimum atomic E-state index is 0. The lowest BCUT2D eigenvalue weighted by Crippen LogP contribution is -2.52. The molecule has 1 aromatic heterocycles. The second-order valence-electron chi connectivity index (χ2n) is 6.20. The van der Waals surface area contributed by atoms with Crippen molar-refractivity contribution in [2.75, 3.05) is 39.8 Å². The fraction of sp³-hybridized carbons (Fsp3) is 0.688. The number of hydrogen-bond acceptors (Lipinski definition) is 5. The number of halogens is 1. The molecule has 1 fully saturated rings. The molecule has 0 bridgehead atoms. The SMILES string of the molecule is CN=C(NCCC(=O)NC(C)C)N1CCN(Cc2ccon2)CC1.I. The molecule has 0 aliphatic carbocycles. The highest BCUT2D eigenvalue weighted by Crippen LogP contribution is 2.07. The van der Waals surface area contributed by atoms with Crippen LogP contribution in [0.3, 0.4) is 0 Å². The minimum absolute atomic E-state index is 0. The van der Waals surface area contributed by atoms with Gasteiger partial charge in [-0.15, -0.1) is 24.0 Å². The molecule has 0 spiro atoms. The van der Waals surface area contributed by atoms with Gasteiger partial charge in [0.25, 0.3) is 0 Å². The normalized spacial score (nSPS) is 15.8. The smallest absolute Gasteiger partial charge is 0.221 e. The van der Waals surface area contributed by atoms with E-state index in [2.05, 4.69) is 30.6 Å². The maximum absolute atomic E-state index is 11.7. The van der Waals surface area contributed by atoms with Gasteiger partial charge in [0.1, 0.15) is 6.26 Å². The van der Waals surface area contributed by atoms with Crippen molar-refractivity contribution in [1.82, 2.24) is 25.6 Å². The molecule has 1 amide bonds. The summed E-state index contributed by atoms with van der Waals surface area (Å²) in [6.45, 7) is 9.01. The second kappa shape index (κ2) is 11.3. The van der Waals surface area contributed by atoms with Crippen LogP contribution in [0.25, 0.3) is 0 Å². The molecule has 2 N–H and O–H groups in total. The van der Waals surface area contributed by atoms with Crippen LogP contribution in [-0.4, -0.2) is 72.6 Å². The fourth-order valence-electron chi connectivity index (χ4n) is 2.68. The zero-order valence-electron chi connectivity index (χ0n) is 15.2. The van der Waals surface area contributed by atoms with Gasteiger partial charge < -0.3 is 20.1 Å². The number of amides is 1. The number of aliphatic imine (C=N–C) groups is 1. The highest BCUT2D eigenvalue weighted by atomic mass is 127. The van der Waals surface area contributed by atoms with Crippen LogP contribution in [0.4, 0.5) is 0 Å². The van der Waals surface area contributed by atoms with Gasteiger partial charge in [0.15, 0.2) is 5.96 Å². The van der Waals surface area contributed by atoms with Gasteiger partial charge in [0.05, 0.1) is 5.69 Å². The Morgan fingerprint density at radius 1 is 1.36 bits per heavy atom. The van der Waals surface area contributed by atoms with Crippen molar-refractivity contribution in [3.63, 3.8) is 0 Å². The molecule has 0 atom stereocenters. The third-order valence-corrected chi connectivity index (χ3v) is 3.85. The predicted molar refractivity (Wildman–Crippen MR) is 108 cm³/mol. The number of aromatic nitrogens is 1. The second-order valence-corrected chi connectivity index (χ2v) is 6.20. The number of guanidine groups is 1. The number of hydrogen-bond donors (Lipinski definition) is 2. The maximum atomic E-state index is 11.7. The van der Waals surface area contributed by atoms with Gasteiger partial charge in [-0.2, -0.15) is 0 Å². The first-order valence-electron chi connectivity index (χ1n) is 8.45. The third kappa shape index (κ3) is 7.59. The zero-order valence-corrected chi connectivity index (χ0v) is 17.5. The molecule has 1 aliphatic heterocycles.